The van der Waals surface area contributed by atoms with E-state index in [4.69, 9.17) is 13.8 Å². The molecule has 83 heavy (non-hydrogen) atoms. The molecule has 3 unspecified atom stereocenters. The third-order valence-corrected chi connectivity index (χ3v) is 15.0. The first-order valence-corrected chi connectivity index (χ1v) is 35.0. The van der Waals surface area contributed by atoms with Crippen molar-refractivity contribution in [3.05, 3.63) is 134 Å². The van der Waals surface area contributed by atoms with Crippen molar-refractivity contribution in [1.82, 2.24) is 5.32 Å². The number of carbonyl (C=O) groups excluding carboxylic acids is 2. The van der Waals surface area contributed by atoms with Gasteiger partial charge in [0.05, 0.1) is 33.8 Å². The lowest BCUT2D eigenvalue weighted by Gasteiger charge is -2.30. The van der Waals surface area contributed by atoms with Crippen molar-refractivity contribution in [2.75, 3.05) is 40.9 Å². The molecule has 0 rings (SSSR count). The lowest BCUT2D eigenvalue weighted by Crippen LogP contribution is -2.47. The molecule has 474 valence electrons. The van der Waals surface area contributed by atoms with Crippen molar-refractivity contribution in [1.29, 1.82) is 0 Å². The zero-order chi connectivity index (χ0) is 60.7. The average molecular weight is 1170 g/mol. The van der Waals surface area contributed by atoms with Gasteiger partial charge in [-0.05, 0) is 122 Å². The number of nitrogens with one attached hydrogen (secondary N) is 1. The Labute approximate surface area is 511 Å². The number of hydrogen-bond acceptors (Lipinski definition) is 7. The summed E-state index contributed by atoms with van der Waals surface area (Å²) in [6.45, 7) is 6.59. The molecular weight excluding hydrogens is 1050 g/mol. The summed E-state index contributed by atoms with van der Waals surface area (Å²) in [6.07, 6.45) is 87.1. The van der Waals surface area contributed by atoms with Crippen LogP contribution in [0.2, 0.25) is 0 Å². The molecule has 1 amide bonds. The fraction of sp³-hybridized carbons (Fsp3) is 0.671. The van der Waals surface area contributed by atoms with E-state index in [1.807, 2.05) is 33.3 Å². The van der Waals surface area contributed by atoms with E-state index in [1.54, 1.807) is 0 Å². The topological polar surface area (TPSA) is 114 Å². The quantitative estimate of drug-likeness (QED) is 0.0212. The molecule has 0 aliphatic carbocycles. The van der Waals surface area contributed by atoms with Crippen LogP contribution < -0.4 is 10.2 Å². The average Bonchev–Trinajstić information content (AvgIpc) is 3.51. The molecular formula is C73H125N2O7P. The second-order valence-electron chi connectivity index (χ2n) is 23.2. The number of rotatable bonds is 59. The Balaban J connectivity index is 5.17. The van der Waals surface area contributed by atoms with E-state index >= 15 is 0 Å². The van der Waals surface area contributed by atoms with Gasteiger partial charge >= 0.3 is 5.97 Å². The molecule has 0 heterocycles. The highest BCUT2D eigenvalue weighted by Crippen LogP contribution is 2.38. The summed E-state index contributed by atoms with van der Waals surface area (Å²) in [5.41, 5.74) is 0. The Hall–Kier alpha value is -3.85. The molecule has 0 saturated carbocycles. The largest absolute Gasteiger partial charge is 0.756 e. The van der Waals surface area contributed by atoms with Crippen LogP contribution >= 0.6 is 7.82 Å². The van der Waals surface area contributed by atoms with E-state index in [-0.39, 0.29) is 24.9 Å². The van der Waals surface area contributed by atoms with Gasteiger partial charge in [-0.2, -0.15) is 0 Å². The lowest BCUT2D eigenvalue weighted by atomic mass is 10.1. The van der Waals surface area contributed by atoms with Gasteiger partial charge in [0.1, 0.15) is 19.3 Å². The van der Waals surface area contributed by atoms with Crippen LogP contribution in [0.3, 0.4) is 0 Å². The molecule has 0 radical (unpaired) electrons. The number of carbonyl (C=O) groups is 2. The first-order valence-electron chi connectivity index (χ1n) is 33.5. The molecule has 0 aromatic carbocycles. The van der Waals surface area contributed by atoms with Crippen molar-refractivity contribution in [2.45, 2.75) is 277 Å². The van der Waals surface area contributed by atoms with Crippen LogP contribution in [-0.4, -0.2) is 69.4 Å². The van der Waals surface area contributed by atoms with Gasteiger partial charge < -0.3 is 28.5 Å². The van der Waals surface area contributed by atoms with E-state index in [2.05, 4.69) is 148 Å². The summed E-state index contributed by atoms with van der Waals surface area (Å²) in [6, 6.07) is -0.910. The van der Waals surface area contributed by atoms with E-state index in [0.29, 0.717) is 23.9 Å². The van der Waals surface area contributed by atoms with Gasteiger partial charge in [-0.25, -0.2) is 0 Å². The summed E-state index contributed by atoms with van der Waals surface area (Å²) in [5.74, 6) is -0.574. The van der Waals surface area contributed by atoms with Gasteiger partial charge in [0.25, 0.3) is 7.82 Å². The lowest BCUT2D eigenvalue weighted by molar-refractivity contribution is -0.870. The second kappa shape index (κ2) is 61.2. The number of quaternary nitrogens is 1. The smallest absolute Gasteiger partial charge is 0.306 e. The summed E-state index contributed by atoms with van der Waals surface area (Å²) in [5, 5.41) is 3.02. The number of phosphoric acid groups is 1. The SMILES string of the molecule is CC/C=C\C/C=C\C/C=C\C/C=C\C/C=C\CCCCCCCCCC(=O)NC(COP(=O)([O-])OCC[N+](C)(C)C)C(/C=C/CCCCCCCCCCC)OC(=O)CCCCCCCCC/C=C\C/C=C\C/C=C\C/C=C\C/C=C\CC. The maximum absolute atomic E-state index is 13.6. The van der Waals surface area contributed by atoms with Crippen LogP contribution in [0, 0.1) is 0 Å². The maximum atomic E-state index is 13.6. The number of likely N-dealkylation sites (N-methyl/N-ethyl adjacent to an activating group) is 1. The van der Waals surface area contributed by atoms with Crippen molar-refractivity contribution in [3.8, 4) is 0 Å². The summed E-state index contributed by atoms with van der Waals surface area (Å²) in [4.78, 5) is 40.1. The molecule has 0 saturated heterocycles. The van der Waals surface area contributed by atoms with E-state index in [1.165, 1.54) is 83.5 Å². The van der Waals surface area contributed by atoms with E-state index < -0.39 is 26.6 Å². The number of hydrogen-bond donors (Lipinski definition) is 1. The molecule has 0 fully saturated rings. The molecule has 10 heteroatoms. The first kappa shape index (κ1) is 79.2. The van der Waals surface area contributed by atoms with Crippen molar-refractivity contribution < 1.29 is 37.3 Å². The van der Waals surface area contributed by atoms with Crippen molar-refractivity contribution in [2.24, 2.45) is 0 Å². The fourth-order valence-electron chi connectivity index (χ4n) is 8.99. The molecule has 0 aromatic rings. The zero-order valence-corrected chi connectivity index (χ0v) is 55.0. The molecule has 0 spiro atoms. The molecule has 0 aliphatic heterocycles. The first-order chi connectivity index (χ1) is 40.4. The maximum Gasteiger partial charge on any atom is 0.306 e. The van der Waals surface area contributed by atoms with Crippen LogP contribution in [0.1, 0.15) is 265 Å². The normalized spacial score (nSPS) is 14.4. The van der Waals surface area contributed by atoms with Gasteiger partial charge in [-0.1, -0.05) is 264 Å². The minimum absolute atomic E-state index is 0.0340. The molecule has 1 N–H and O–H groups in total. The van der Waals surface area contributed by atoms with Crippen LogP contribution in [0.4, 0.5) is 0 Å². The van der Waals surface area contributed by atoms with Gasteiger partial charge in [0.15, 0.2) is 0 Å². The Kier molecular flexibility index (Phi) is 58.4. The summed E-state index contributed by atoms with van der Waals surface area (Å²) in [7, 11) is 1.15. The second-order valence-corrected chi connectivity index (χ2v) is 24.6. The van der Waals surface area contributed by atoms with E-state index in [9.17, 15) is 19.0 Å². The predicted octanol–water partition coefficient (Wildman–Crippen LogP) is 20.6. The number of ether oxygens (including phenoxy) is 1. The third kappa shape index (κ3) is 62.5. The monoisotopic (exact) mass is 1170 g/mol. The minimum Gasteiger partial charge on any atom is -0.756 e. The number of nitrogens with zero attached hydrogens (tertiary/aromatic N) is 1. The van der Waals surface area contributed by atoms with Crippen LogP contribution in [0.15, 0.2) is 134 Å². The predicted molar refractivity (Wildman–Crippen MR) is 357 cm³/mol. The number of esters is 1. The highest BCUT2D eigenvalue weighted by molar-refractivity contribution is 7.45. The van der Waals surface area contributed by atoms with Crippen LogP contribution in [0.25, 0.3) is 0 Å². The van der Waals surface area contributed by atoms with E-state index in [0.717, 1.165) is 141 Å². The molecule has 0 aromatic heterocycles. The fourth-order valence-corrected chi connectivity index (χ4v) is 9.71. The van der Waals surface area contributed by atoms with Crippen LogP contribution in [-0.2, 0) is 27.9 Å². The Morgan fingerprint density at radius 3 is 1.16 bits per heavy atom. The Morgan fingerprint density at radius 1 is 0.434 bits per heavy atom. The summed E-state index contributed by atoms with van der Waals surface area (Å²) < 4.78 is 30.4. The number of phosphoric ester groups is 1. The highest BCUT2D eigenvalue weighted by atomic mass is 31.2. The van der Waals surface area contributed by atoms with Gasteiger partial charge in [-0.15, -0.1) is 0 Å². The third-order valence-electron chi connectivity index (χ3n) is 14.1. The summed E-state index contributed by atoms with van der Waals surface area (Å²) >= 11 is 0. The minimum atomic E-state index is -4.72. The van der Waals surface area contributed by atoms with Crippen molar-refractivity contribution in [3.63, 3.8) is 0 Å². The molecule has 0 bridgehead atoms. The van der Waals surface area contributed by atoms with Gasteiger partial charge in [0.2, 0.25) is 5.91 Å². The van der Waals surface area contributed by atoms with Crippen LogP contribution in [0.5, 0.6) is 0 Å². The number of amides is 1. The van der Waals surface area contributed by atoms with Gasteiger partial charge in [0, 0.05) is 12.8 Å². The Bertz CT molecular complexity index is 1880. The van der Waals surface area contributed by atoms with Crippen molar-refractivity contribution >= 4 is 19.7 Å². The number of unbranched alkanes of at least 4 members (excludes halogenated alkanes) is 23. The molecule has 0 aliphatic rings. The molecule has 3 atom stereocenters. The number of allylic oxidation sites excluding steroid dienone is 21. The standard InChI is InChI=1S/C73H125N2O7P/c1-7-10-13-16-19-22-25-27-29-31-33-35-37-39-41-43-45-47-50-53-56-59-62-65-72(76)74-70(69-81-83(78,79)80-68-67-75(4,5)6)71(64-61-58-55-52-49-24-21-18-15-12-9-3)82-73(77)66-63-60-57-54-51-48-46-44-42-40-38-36-34-32-30-28-26-23-20-17-14-11-8-2/h10-11,13-14,19-20,22-23,27-30,33-36,39-42,61,64,70-71H,7-9,12,15-18,21,24-26,31-32,37-38,43-60,62-63,65-69H2,1-6H3,(H-,74,76,78,79)/b13-10-,14-11-,22-19-,23-20-,29-27-,30-28-,35-33-,36-34-,41-39-,42-40-,64-61+. The zero-order valence-electron chi connectivity index (χ0n) is 54.1. The highest BCUT2D eigenvalue weighted by Gasteiger charge is 2.27. The Morgan fingerprint density at radius 2 is 0.771 bits per heavy atom. The van der Waals surface area contributed by atoms with Gasteiger partial charge in [-0.3, -0.25) is 14.2 Å². The molecule has 9 nitrogen and oxygen atoms in total.